The third kappa shape index (κ3) is 4.68. The van der Waals surface area contributed by atoms with Gasteiger partial charge in [0.15, 0.2) is 0 Å². The van der Waals surface area contributed by atoms with Gasteiger partial charge in [0.1, 0.15) is 0 Å². The lowest BCUT2D eigenvalue weighted by Gasteiger charge is -2.42. The first-order chi connectivity index (χ1) is 8.08. The van der Waals surface area contributed by atoms with Gasteiger partial charge in [-0.2, -0.15) is 0 Å². The van der Waals surface area contributed by atoms with Crippen LogP contribution in [0.3, 0.4) is 0 Å². The second-order valence-electron chi connectivity index (χ2n) is 5.23. The van der Waals surface area contributed by atoms with Crippen molar-refractivity contribution in [2.45, 2.75) is 45.7 Å². The molecule has 4 heteroatoms. The SMILES string of the molecule is CCC(C)C1CN(CCS(C)=O)C(CC)CN1. The summed E-state index contributed by atoms with van der Waals surface area (Å²) in [6, 6.07) is 1.23. The lowest BCUT2D eigenvalue weighted by atomic mass is 9.95. The van der Waals surface area contributed by atoms with Crippen LogP contribution in [0, 0.1) is 5.92 Å². The Labute approximate surface area is 109 Å². The maximum atomic E-state index is 11.2. The Bertz CT molecular complexity index is 248. The minimum absolute atomic E-state index is 0.605. The molecule has 1 fully saturated rings. The number of piperazine rings is 1. The van der Waals surface area contributed by atoms with Crippen LogP contribution in [0.4, 0.5) is 0 Å². The van der Waals surface area contributed by atoms with Gasteiger partial charge in [-0.3, -0.25) is 9.11 Å². The van der Waals surface area contributed by atoms with E-state index in [1.165, 1.54) is 12.8 Å². The number of hydrogen-bond acceptors (Lipinski definition) is 3. The van der Waals surface area contributed by atoms with Crippen LogP contribution in [0.25, 0.3) is 0 Å². The van der Waals surface area contributed by atoms with Crippen LogP contribution in [0.15, 0.2) is 0 Å². The summed E-state index contributed by atoms with van der Waals surface area (Å²) in [5, 5.41) is 3.67. The third-order valence-electron chi connectivity index (χ3n) is 4.03. The van der Waals surface area contributed by atoms with Gasteiger partial charge in [0.2, 0.25) is 0 Å². The standard InChI is InChI=1S/C13H28N2OS/c1-5-11(3)13-10-15(7-8-17(4)16)12(6-2)9-14-13/h11-14H,5-10H2,1-4H3. The van der Waals surface area contributed by atoms with Crippen molar-refractivity contribution >= 4 is 10.8 Å². The topological polar surface area (TPSA) is 32.3 Å². The van der Waals surface area contributed by atoms with Crippen LogP contribution >= 0.6 is 0 Å². The maximum absolute atomic E-state index is 11.2. The van der Waals surface area contributed by atoms with Crippen molar-refractivity contribution in [3.05, 3.63) is 0 Å². The molecular formula is C13H28N2OS. The van der Waals surface area contributed by atoms with Crippen molar-refractivity contribution in [2.75, 3.05) is 31.6 Å². The molecule has 0 saturated carbocycles. The van der Waals surface area contributed by atoms with Gasteiger partial charge in [0, 0.05) is 54.5 Å². The molecule has 1 N–H and O–H groups in total. The van der Waals surface area contributed by atoms with Crippen LogP contribution in [0.1, 0.15) is 33.6 Å². The first-order valence-electron chi connectivity index (χ1n) is 6.85. The van der Waals surface area contributed by atoms with Crippen LogP contribution < -0.4 is 5.32 Å². The molecule has 0 radical (unpaired) electrons. The summed E-state index contributed by atoms with van der Waals surface area (Å²) >= 11 is 0. The molecule has 1 rings (SSSR count). The van der Waals surface area contributed by atoms with Gasteiger partial charge < -0.3 is 5.32 Å². The summed E-state index contributed by atoms with van der Waals surface area (Å²) in [6.45, 7) is 10.00. The van der Waals surface area contributed by atoms with Crippen LogP contribution in [0.2, 0.25) is 0 Å². The van der Waals surface area contributed by atoms with Crippen LogP contribution in [0.5, 0.6) is 0 Å². The van der Waals surface area contributed by atoms with Gasteiger partial charge in [-0.1, -0.05) is 27.2 Å². The average Bonchev–Trinajstić information content (AvgIpc) is 2.34. The Morgan fingerprint density at radius 2 is 2.18 bits per heavy atom. The normalized spacial score (nSPS) is 30.1. The van der Waals surface area contributed by atoms with Crippen molar-refractivity contribution in [1.29, 1.82) is 0 Å². The van der Waals surface area contributed by atoms with E-state index in [0.29, 0.717) is 12.1 Å². The molecule has 1 aliphatic heterocycles. The highest BCUT2D eigenvalue weighted by molar-refractivity contribution is 7.84. The first kappa shape index (κ1) is 15.1. The zero-order valence-electron chi connectivity index (χ0n) is 11.7. The Balaban J connectivity index is 2.52. The van der Waals surface area contributed by atoms with E-state index in [-0.39, 0.29) is 0 Å². The molecule has 17 heavy (non-hydrogen) atoms. The fraction of sp³-hybridized carbons (Fsp3) is 1.00. The zero-order valence-corrected chi connectivity index (χ0v) is 12.6. The maximum Gasteiger partial charge on any atom is 0.0359 e. The van der Waals surface area contributed by atoms with Crippen molar-refractivity contribution < 1.29 is 4.21 Å². The summed E-state index contributed by atoms with van der Waals surface area (Å²) in [4.78, 5) is 2.54. The molecule has 0 aromatic carbocycles. The summed E-state index contributed by atoms with van der Waals surface area (Å²) in [5.74, 6) is 1.53. The fourth-order valence-electron chi connectivity index (χ4n) is 2.47. The number of nitrogens with one attached hydrogen (secondary N) is 1. The summed E-state index contributed by atoms with van der Waals surface area (Å²) in [6.07, 6.45) is 4.20. The van der Waals surface area contributed by atoms with E-state index in [2.05, 4.69) is 31.0 Å². The average molecular weight is 260 g/mol. The minimum Gasteiger partial charge on any atom is -0.311 e. The summed E-state index contributed by atoms with van der Waals surface area (Å²) in [7, 11) is -0.670. The molecule has 1 saturated heterocycles. The molecule has 4 atom stereocenters. The Kier molecular flexibility index (Phi) is 6.67. The molecular weight excluding hydrogens is 232 g/mol. The number of rotatable bonds is 6. The van der Waals surface area contributed by atoms with E-state index in [1.54, 1.807) is 6.26 Å². The molecule has 1 heterocycles. The Morgan fingerprint density at radius 1 is 1.47 bits per heavy atom. The molecule has 0 bridgehead atoms. The van der Waals surface area contributed by atoms with Gasteiger partial charge >= 0.3 is 0 Å². The molecule has 0 aromatic rings. The monoisotopic (exact) mass is 260 g/mol. The second-order valence-corrected chi connectivity index (χ2v) is 6.79. The van der Waals surface area contributed by atoms with E-state index >= 15 is 0 Å². The zero-order chi connectivity index (χ0) is 12.8. The Hall–Kier alpha value is 0.0700. The van der Waals surface area contributed by atoms with E-state index in [9.17, 15) is 4.21 Å². The van der Waals surface area contributed by atoms with Crippen LogP contribution in [-0.2, 0) is 10.8 Å². The molecule has 3 nitrogen and oxygen atoms in total. The van der Waals surface area contributed by atoms with E-state index in [4.69, 9.17) is 0 Å². The number of nitrogens with zero attached hydrogens (tertiary/aromatic N) is 1. The molecule has 4 unspecified atom stereocenters. The molecule has 0 aliphatic carbocycles. The lowest BCUT2D eigenvalue weighted by molar-refractivity contribution is 0.113. The largest absolute Gasteiger partial charge is 0.311 e. The second kappa shape index (κ2) is 7.49. The molecule has 0 spiro atoms. The highest BCUT2D eigenvalue weighted by Crippen LogP contribution is 2.16. The quantitative estimate of drug-likeness (QED) is 0.785. The van der Waals surface area contributed by atoms with Gasteiger partial charge in [-0.25, -0.2) is 0 Å². The van der Waals surface area contributed by atoms with Gasteiger partial charge in [0.25, 0.3) is 0 Å². The first-order valence-corrected chi connectivity index (χ1v) is 8.58. The smallest absolute Gasteiger partial charge is 0.0359 e. The van der Waals surface area contributed by atoms with E-state index in [1.807, 2.05) is 0 Å². The highest BCUT2D eigenvalue weighted by Gasteiger charge is 2.28. The van der Waals surface area contributed by atoms with Crippen molar-refractivity contribution in [3.63, 3.8) is 0 Å². The minimum atomic E-state index is -0.670. The van der Waals surface area contributed by atoms with Crippen molar-refractivity contribution in [2.24, 2.45) is 5.92 Å². The van der Waals surface area contributed by atoms with Crippen molar-refractivity contribution in [3.8, 4) is 0 Å². The van der Waals surface area contributed by atoms with Crippen molar-refractivity contribution in [1.82, 2.24) is 10.2 Å². The van der Waals surface area contributed by atoms with Crippen LogP contribution in [-0.4, -0.2) is 52.8 Å². The van der Waals surface area contributed by atoms with E-state index < -0.39 is 10.8 Å². The molecule has 0 amide bonds. The summed E-state index contributed by atoms with van der Waals surface area (Å²) in [5.41, 5.74) is 0. The lowest BCUT2D eigenvalue weighted by Crippen LogP contribution is -2.58. The predicted octanol–water partition coefficient (Wildman–Crippen LogP) is 1.46. The molecule has 102 valence electrons. The highest BCUT2D eigenvalue weighted by atomic mass is 32.2. The predicted molar refractivity (Wildman–Crippen MR) is 75.8 cm³/mol. The van der Waals surface area contributed by atoms with E-state index in [0.717, 1.165) is 31.3 Å². The summed E-state index contributed by atoms with van der Waals surface area (Å²) < 4.78 is 11.2. The molecule has 1 aliphatic rings. The van der Waals surface area contributed by atoms with Gasteiger partial charge in [0.05, 0.1) is 0 Å². The van der Waals surface area contributed by atoms with Gasteiger partial charge in [-0.15, -0.1) is 0 Å². The Morgan fingerprint density at radius 3 is 2.71 bits per heavy atom. The molecule has 0 aromatic heterocycles. The fourth-order valence-corrected chi connectivity index (χ4v) is 2.96. The third-order valence-corrected chi connectivity index (χ3v) is 4.79. The van der Waals surface area contributed by atoms with Gasteiger partial charge in [-0.05, 0) is 12.3 Å². The number of hydrogen-bond donors (Lipinski definition) is 1.